The van der Waals surface area contributed by atoms with E-state index in [1.807, 2.05) is 6.92 Å². The maximum Gasteiger partial charge on any atom is 0.328 e. The van der Waals surface area contributed by atoms with Crippen LogP contribution in [0, 0.1) is 0 Å². The van der Waals surface area contributed by atoms with Crippen LogP contribution in [0.2, 0.25) is 0 Å². The molecule has 0 spiro atoms. The minimum absolute atomic E-state index is 0.281. The molecule has 1 aliphatic rings. The van der Waals surface area contributed by atoms with Gasteiger partial charge in [0.15, 0.2) is 0 Å². The highest BCUT2D eigenvalue weighted by atomic mass is 16.5. The Morgan fingerprint density at radius 1 is 1.13 bits per heavy atom. The fourth-order valence-electron chi connectivity index (χ4n) is 3.52. The van der Waals surface area contributed by atoms with Gasteiger partial charge in [-0.2, -0.15) is 0 Å². The predicted octanol–water partition coefficient (Wildman–Crippen LogP) is 3.57. The van der Waals surface area contributed by atoms with Gasteiger partial charge in [-0.15, -0.1) is 0 Å². The van der Waals surface area contributed by atoms with Gasteiger partial charge < -0.3 is 9.84 Å². The van der Waals surface area contributed by atoms with Crippen molar-refractivity contribution in [3.05, 3.63) is 34.9 Å². The molecule has 0 aliphatic carbocycles. The van der Waals surface area contributed by atoms with Crippen LogP contribution in [0.15, 0.2) is 18.2 Å². The maximum absolute atomic E-state index is 12.4. The topological polar surface area (TPSA) is 49.8 Å². The van der Waals surface area contributed by atoms with E-state index >= 15 is 0 Å². The molecule has 4 heteroatoms. The SMILES string of the molecule is CC(C)c1cccc(C(C)C)c1C(C)(C(=O)O)N1CCOCC1. The molecule has 1 atom stereocenters. The van der Waals surface area contributed by atoms with Crippen molar-refractivity contribution in [3.63, 3.8) is 0 Å². The lowest BCUT2D eigenvalue weighted by atomic mass is 9.77. The molecule has 1 fully saturated rings. The number of aliphatic carboxylic acids is 1. The lowest BCUT2D eigenvalue weighted by molar-refractivity contribution is -0.154. The van der Waals surface area contributed by atoms with Gasteiger partial charge in [0.1, 0.15) is 5.54 Å². The highest BCUT2D eigenvalue weighted by Gasteiger charge is 2.45. The lowest BCUT2D eigenvalue weighted by Crippen LogP contribution is -2.55. The van der Waals surface area contributed by atoms with Crippen LogP contribution in [0.3, 0.4) is 0 Å². The molecule has 1 unspecified atom stereocenters. The zero-order valence-corrected chi connectivity index (χ0v) is 14.9. The fraction of sp³-hybridized carbons (Fsp3) is 0.632. The maximum atomic E-state index is 12.4. The van der Waals surface area contributed by atoms with Crippen molar-refractivity contribution in [3.8, 4) is 0 Å². The normalized spacial score (nSPS) is 19.1. The summed E-state index contributed by atoms with van der Waals surface area (Å²) in [5, 5.41) is 10.2. The average Bonchev–Trinajstić information content (AvgIpc) is 2.53. The number of carboxylic acids is 1. The molecule has 23 heavy (non-hydrogen) atoms. The molecular weight excluding hydrogens is 290 g/mol. The number of morpholine rings is 1. The minimum atomic E-state index is -1.02. The summed E-state index contributed by atoms with van der Waals surface area (Å²) in [6, 6.07) is 6.21. The number of nitrogens with zero attached hydrogens (tertiary/aromatic N) is 1. The molecule has 0 saturated carbocycles. The first-order valence-corrected chi connectivity index (χ1v) is 8.49. The number of benzene rings is 1. The van der Waals surface area contributed by atoms with Gasteiger partial charge in [0.2, 0.25) is 0 Å². The largest absolute Gasteiger partial charge is 0.480 e. The lowest BCUT2D eigenvalue weighted by Gasteiger charge is -2.43. The summed E-state index contributed by atoms with van der Waals surface area (Å²) < 4.78 is 5.43. The smallest absolute Gasteiger partial charge is 0.328 e. The third-order valence-corrected chi connectivity index (χ3v) is 4.92. The Morgan fingerprint density at radius 3 is 2.00 bits per heavy atom. The Balaban J connectivity index is 2.69. The molecule has 0 bridgehead atoms. The van der Waals surface area contributed by atoms with Gasteiger partial charge in [0.05, 0.1) is 13.2 Å². The van der Waals surface area contributed by atoms with Gasteiger partial charge >= 0.3 is 5.97 Å². The predicted molar refractivity (Wildman–Crippen MR) is 92.0 cm³/mol. The number of hydrogen-bond donors (Lipinski definition) is 1. The first-order valence-electron chi connectivity index (χ1n) is 8.49. The zero-order valence-electron chi connectivity index (χ0n) is 14.9. The van der Waals surface area contributed by atoms with Crippen molar-refractivity contribution in [2.45, 2.75) is 52.0 Å². The van der Waals surface area contributed by atoms with Gasteiger partial charge in [0.25, 0.3) is 0 Å². The van der Waals surface area contributed by atoms with Crippen molar-refractivity contribution in [1.82, 2.24) is 4.90 Å². The van der Waals surface area contributed by atoms with Crippen LogP contribution in [-0.4, -0.2) is 42.3 Å². The Hall–Kier alpha value is -1.39. The van der Waals surface area contributed by atoms with Crippen LogP contribution in [0.1, 0.15) is 63.1 Å². The Kier molecular flexibility index (Phi) is 5.48. The second-order valence-electron chi connectivity index (χ2n) is 7.10. The quantitative estimate of drug-likeness (QED) is 0.901. The standard InChI is InChI=1S/C19H29NO3/c1-13(2)15-7-6-8-16(14(3)4)17(15)19(5,18(21)22)20-9-11-23-12-10-20/h6-8,13-14H,9-12H2,1-5H3,(H,21,22). The molecule has 0 aromatic heterocycles. The molecule has 1 heterocycles. The summed E-state index contributed by atoms with van der Waals surface area (Å²) in [7, 11) is 0. The molecular formula is C19H29NO3. The van der Waals surface area contributed by atoms with E-state index in [-0.39, 0.29) is 11.8 Å². The second kappa shape index (κ2) is 7.02. The van der Waals surface area contributed by atoms with Gasteiger partial charge in [0, 0.05) is 13.1 Å². The third-order valence-electron chi connectivity index (χ3n) is 4.92. The van der Waals surface area contributed by atoms with E-state index in [1.54, 1.807) is 0 Å². The summed E-state index contributed by atoms with van der Waals surface area (Å²) in [5.41, 5.74) is 2.21. The van der Waals surface area contributed by atoms with Crippen LogP contribution in [0.5, 0.6) is 0 Å². The molecule has 128 valence electrons. The van der Waals surface area contributed by atoms with Gasteiger partial charge in [-0.05, 0) is 35.4 Å². The minimum Gasteiger partial charge on any atom is -0.480 e. The molecule has 0 amide bonds. The highest BCUT2D eigenvalue weighted by Crippen LogP contribution is 2.39. The Morgan fingerprint density at radius 2 is 1.61 bits per heavy atom. The fourth-order valence-corrected chi connectivity index (χ4v) is 3.52. The summed E-state index contributed by atoms with van der Waals surface area (Å²) in [4.78, 5) is 14.4. The number of hydrogen-bond acceptors (Lipinski definition) is 3. The second-order valence-corrected chi connectivity index (χ2v) is 7.10. The average molecular weight is 319 g/mol. The molecule has 4 nitrogen and oxygen atoms in total. The van der Waals surface area contributed by atoms with E-state index in [0.717, 1.165) is 16.7 Å². The molecule has 1 N–H and O–H groups in total. The van der Waals surface area contributed by atoms with Crippen molar-refractivity contribution in [2.75, 3.05) is 26.3 Å². The number of ether oxygens (including phenoxy) is 1. The van der Waals surface area contributed by atoms with Crippen molar-refractivity contribution < 1.29 is 14.6 Å². The number of carboxylic acid groups (broad SMARTS) is 1. The van der Waals surface area contributed by atoms with E-state index in [4.69, 9.17) is 4.74 Å². The molecule has 1 aliphatic heterocycles. The third kappa shape index (κ3) is 3.29. The van der Waals surface area contributed by atoms with Crippen molar-refractivity contribution in [1.29, 1.82) is 0 Å². The van der Waals surface area contributed by atoms with E-state index < -0.39 is 11.5 Å². The van der Waals surface area contributed by atoms with E-state index in [2.05, 4.69) is 50.8 Å². The molecule has 1 aromatic carbocycles. The number of rotatable bonds is 5. The Labute approximate surface area is 139 Å². The van der Waals surface area contributed by atoms with E-state index in [9.17, 15) is 9.90 Å². The van der Waals surface area contributed by atoms with Gasteiger partial charge in [-0.25, -0.2) is 4.79 Å². The monoisotopic (exact) mass is 319 g/mol. The van der Waals surface area contributed by atoms with Crippen LogP contribution in [0.4, 0.5) is 0 Å². The Bertz CT molecular complexity index is 535. The summed E-state index contributed by atoms with van der Waals surface area (Å²) in [5.74, 6) is -0.221. The van der Waals surface area contributed by atoms with Crippen molar-refractivity contribution >= 4 is 5.97 Å². The molecule has 2 rings (SSSR count). The molecule has 0 radical (unpaired) electrons. The van der Waals surface area contributed by atoms with Crippen molar-refractivity contribution in [2.24, 2.45) is 0 Å². The van der Waals surface area contributed by atoms with Gasteiger partial charge in [-0.3, -0.25) is 4.90 Å². The van der Waals surface area contributed by atoms with Crippen LogP contribution >= 0.6 is 0 Å². The highest BCUT2D eigenvalue weighted by molar-refractivity contribution is 5.82. The van der Waals surface area contributed by atoms with Crippen LogP contribution in [0.25, 0.3) is 0 Å². The summed E-state index contributed by atoms with van der Waals surface area (Å²) >= 11 is 0. The van der Waals surface area contributed by atoms with E-state index in [1.165, 1.54) is 0 Å². The van der Waals surface area contributed by atoms with E-state index in [0.29, 0.717) is 26.3 Å². The first-order chi connectivity index (χ1) is 10.8. The van der Waals surface area contributed by atoms with Crippen LogP contribution < -0.4 is 0 Å². The van der Waals surface area contributed by atoms with Crippen LogP contribution in [-0.2, 0) is 15.1 Å². The molecule has 1 aromatic rings. The zero-order chi connectivity index (χ0) is 17.2. The van der Waals surface area contributed by atoms with Gasteiger partial charge in [-0.1, -0.05) is 45.9 Å². The summed E-state index contributed by atoms with van der Waals surface area (Å²) in [6.07, 6.45) is 0. The number of carbonyl (C=O) groups is 1. The molecule has 1 saturated heterocycles. The summed E-state index contributed by atoms with van der Waals surface area (Å²) in [6.45, 7) is 12.8. The first kappa shape index (κ1) is 18.0.